The molecule has 0 unspecified atom stereocenters. The second-order valence-corrected chi connectivity index (χ2v) is 3.58. The van der Waals surface area contributed by atoms with Crippen LogP contribution in [-0.4, -0.2) is 24.2 Å². The second-order valence-electron chi connectivity index (χ2n) is 3.58. The molecule has 0 amide bonds. The number of hydrogen-bond acceptors (Lipinski definition) is 4. The first kappa shape index (κ1) is 12.8. The summed E-state index contributed by atoms with van der Waals surface area (Å²) >= 11 is 0. The maximum atomic E-state index is 8.72. The van der Waals surface area contributed by atoms with Gasteiger partial charge in [-0.3, -0.25) is 0 Å². The summed E-state index contributed by atoms with van der Waals surface area (Å²) in [6, 6.07) is 5.42. The van der Waals surface area contributed by atoms with E-state index in [9.17, 15) is 0 Å². The van der Waals surface area contributed by atoms with Gasteiger partial charge in [0.1, 0.15) is 6.10 Å². The second kappa shape index (κ2) is 6.31. The van der Waals surface area contributed by atoms with Gasteiger partial charge in [-0.1, -0.05) is 0 Å². The number of ether oxygens (including phenoxy) is 1. The molecule has 0 saturated carbocycles. The number of nitrogens with zero attached hydrogens (tertiary/aromatic N) is 2. The predicted molar refractivity (Wildman–Crippen MR) is 62.7 cm³/mol. The van der Waals surface area contributed by atoms with Crippen LogP contribution in [-0.2, 0) is 0 Å². The summed E-state index contributed by atoms with van der Waals surface area (Å²) < 4.78 is 5.67. The van der Waals surface area contributed by atoms with E-state index in [4.69, 9.17) is 10.00 Å². The quantitative estimate of drug-likeness (QED) is 0.850. The Labute approximate surface area is 101 Å². The summed E-state index contributed by atoms with van der Waals surface area (Å²) in [5, 5.41) is 12.0. The molecule has 0 bridgehead atoms. The van der Waals surface area contributed by atoms with Gasteiger partial charge in [0.15, 0.2) is 0 Å². The van der Waals surface area contributed by atoms with E-state index in [1.54, 1.807) is 18.3 Å². The zero-order valence-corrected chi connectivity index (χ0v) is 9.67. The SMILES string of the molecule is Cl.N#Cc1ccnc(O[C@@H]2CCCNC2)c1. The Morgan fingerprint density at radius 3 is 3.12 bits per heavy atom. The van der Waals surface area contributed by atoms with Crippen molar-refractivity contribution in [2.24, 2.45) is 0 Å². The van der Waals surface area contributed by atoms with E-state index in [2.05, 4.69) is 16.4 Å². The molecule has 0 aromatic carbocycles. The highest BCUT2D eigenvalue weighted by Gasteiger charge is 2.14. The van der Waals surface area contributed by atoms with Gasteiger partial charge in [-0.25, -0.2) is 4.98 Å². The summed E-state index contributed by atoms with van der Waals surface area (Å²) in [6.07, 6.45) is 3.96. The Morgan fingerprint density at radius 1 is 1.56 bits per heavy atom. The van der Waals surface area contributed by atoms with Crippen molar-refractivity contribution >= 4 is 12.4 Å². The fourth-order valence-electron chi connectivity index (χ4n) is 1.63. The molecule has 2 heterocycles. The maximum absolute atomic E-state index is 8.72. The zero-order valence-electron chi connectivity index (χ0n) is 8.85. The van der Waals surface area contributed by atoms with Crippen molar-refractivity contribution in [1.82, 2.24) is 10.3 Å². The normalized spacial score (nSPS) is 19.3. The summed E-state index contributed by atoms with van der Waals surface area (Å²) in [6.45, 7) is 1.92. The number of rotatable bonds is 2. The van der Waals surface area contributed by atoms with Gasteiger partial charge in [0.25, 0.3) is 0 Å². The molecule has 0 aliphatic carbocycles. The topological polar surface area (TPSA) is 57.9 Å². The van der Waals surface area contributed by atoms with Gasteiger partial charge >= 0.3 is 0 Å². The third-order valence-electron chi connectivity index (χ3n) is 2.40. The molecule has 1 N–H and O–H groups in total. The molecule has 1 aliphatic heterocycles. The third-order valence-corrected chi connectivity index (χ3v) is 2.40. The van der Waals surface area contributed by atoms with Gasteiger partial charge in [-0.15, -0.1) is 12.4 Å². The van der Waals surface area contributed by atoms with Gasteiger partial charge in [0.05, 0.1) is 11.6 Å². The van der Waals surface area contributed by atoms with Crippen LogP contribution in [0.2, 0.25) is 0 Å². The first-order valence-electron chi connectivity index (χ1n) is 5.12. The average Bonchev–Trinajstić information content (AvgIpc) is 2.31. The first-order valence-corrected chi connectivity index (χ1v) is 5.12. The number of hydrogen-bond donors (Lipinski definition) is 1. The minimum Gasteiger partial charge on any atom is -0.473 e. The van der Waals surface area contributed by atoms with E-state index >= 15 is 0 Å². The van der Waals surface area contributed by atoms with E-state index in [1.807, 2.05) is 0 Å². The van der Waals surface area contributed by atoms with Crippen LogP contribution >= 0.6 is 12.4 Å². The number of piperidine rings is 1. The van der Waals surface area contributed by atoms with Crippen molar-refractivity contribution in [1.29, 1.82) is 5.26 Å². The highest BCUT2D eigenvalue weighted by Crippen LogP contribution is 2.13. The molecular formula is C11H14ClN3O. The largest absolute Gasteiger partial charge is 0.473 e. The highest BCUT2D eigenvalue weighted by atomic mass is 35.5. The van der Waals surface area contributed by atoms with Crippen molar-refractivity contribution in [2.45, 2.75) is 18.9 Å². The van der Waals surface area contributed by atoms with Gasteiger partial charge in [-0.2, -0.15) is 5.26 Å². The lowest BCUT2D eigenvalue weighted by molar-refractivity contribution is 0.160. The molecule has 5 heteroatoms. The molecule has 1 saturated heterocycles. The van der Waals surface area contributed by atoms with Crippen LogP contribution in [0.1, 0.15) is 18.4 Å². The Bertz CT molecular complexity index is 372. The minimum absolute atomic E-state index is 0. The molecule has 1 atom stereocenters. The van der Waals surface area contributed by atoms with E-state index in [-0.39, 0.29) is 18.5 Å². The number of nitrogens with one attached hydrogen (secondary N) is 1. The van der Waals surface area contributed by atoms with Gasteiger partial charge in [-0.05, 0) is 25.5 Å². The monoisotopic (exact) mass is 239 g/mol. The van der Waals surface area contributed by atoms with Crippen LogP contribution in [0.3, 0.4) is 0 Å². The Kier molecular flexibility index (Phi) is 5.03. The van der Waals surface area contributed by atoms with Crippen LogP contribution in [0.25, 0.3) is 0 Å². The highest BCUT2D eigenvalue weighted by molar-refractivity contribution is 5.85. The zero-order chi connectivity index (χ0) is 10.5. The van der Waals surface area contributed by atoms with Crippen molar-refractivity contribution in [3.8, 4) is 11.9 Å². The molecule has 1 aliphatic rings. The molecule has 1 fully saturated rings. The summed E-state index contributed by atoms with van der Waals surface area (Å²) in [5.41, 5.74) is 0.587. The molecule has 1 aromatic heterocycles. The predicted octanol–water partition coefficient (Wildman–Crippen LogP) is 1.51. The van der Waals surface area contributed by atoms with E-state index in [0.29, 0.717) is 11.4 Å². The number of pyridine rings is 1. The lowest BCUT2D eigenvalue weighted by Gasteiger charge is -2.23. The fraction of sp³-hybridized carbons (Fsp3) is 0.455. The van der Waals surface area contributed by atoms with Gasteiger partial charge in [0, 0.05) is 18.8 Å². The number of nitriles is 1. The number of aromatic nitrogens is 1. The van der Waals surface area contributed by atoms with Crippen LogP contribution in [0.5, 0.6) is 5.88 Å². The molecule has 86 valence electrons. The lowest BCUT2D eigenvalue weighted by atomic mass is 10.1. The summed E-state index contributed by atoms with van der Waals surface area (Å²) in [5.74, 6) is 0.544. The average molecular weight is 240 g/mol. The number of halogens is 1. The molecule has 0 spiro atoms. The van der Waals surface area contributed by atoms with Crippen molar-refractivity contribution < 1.29 is 4.74 Å². The van der Waals surface area contributed by atoms with Crippen molar-refractivity contribution in [2.75, 3.05) is 13.1 Å². The van der Waals surface area contributed by atoms with Gasteiger partial charge < -0.3 is 10.1 Å². The Hall–Kier alpha value is -1.31. The third kappa shape index (κ3) is 3.37. The molecule has 2 rings (SSSR count). The van der Waals surface area contributed by atoms with Crippen LogP contribution < -0.4 is 10.1 Å². The van der Waals surface area contributed by atoms with E-state index in [0.717, 1.165) is 25.9 Å². The molecule has 16 heavy (non-hydrogen) atoms. The molecular weight excluding hydrogens is 226 g/mol. The molecule has 1 aromatic rings. The maximum Gasteiger partial charge on any atom is 0.214 e. The standard InChI is InChI=1S/C11H13N3O.ClH/c12-7-9-3-5-14-11(6-9)15-10-2-1-4-13-8-10;/h3,5-6,10,13H,1-2,4,8H2;1H/t10-;/m1./s1. The Balaban J connectivity index is 0.00000128. The van der Waals surface area contributed by atoms with Crippen LogP contribution in [0.4, 0.5) is 0 Å². The summed E-state index contributed by atoms with van der Waals surface area (Å²) in [7, 11) is 0. The van der Waals surface area contributed by atoms with Crippen molar-refractivity contribution in [3.63, 3.8) is 0 Å². The summed E-state index contributed by atoms with van der Waals surface area (Å²) in [4.78, 5) is 4.08. The fourth-order valence-corrected chi connectivity index (χ4v) is 1.63. The minimum atomic E-state index is 0. The smallest absolute Gasteiger partial charge is 0.214 e. The first-order chi connectivity index (χ1) is 7.38. The van der Waals surface area contributed by atoms with Crippen molar-refractivity contribution in [3.05, 3.63) is 23.9 Å². The van der Waals surface area contributed by atoms with Gasteiger partial charge in [0.2, 0.25) is 5.88 Å². The lowest BCUT2D eigenvalue weighted by Crippen LogP contribution is -2.37. The van der Waals surface area contributed by atoms with E-state index in [1.165, 1.54) is 0 Å². The van der Waals surface area contributed by atoms with E-state index < -0.39 is 0 Å². The van der Waals surface area contributed by atoms with Crippen LogP contribution in [0.15, 0.2) is 18.3 Å². The Morgan fingerprint density at radius 2 is 2.44 bits per heavy atom. The molecule has 4 nitrogen and oxygen atoms in total. The molecule has 0 radical (unpaired) electrons. The van der Waals surface area contributed by atoms with Crippen LogP contribution in [0, 0.1) is 11.3 Å².